The SMILES string of the molecule is CS(=O)(=O)NCC[C@@H]1CN(CCOCc2ccccc2)Cc2ccnn21. The molecule has 0 radical (unpaired) electrons. The largest absolute Gasteiger partial charge is 0.375 e. The summed E-state index contributed by atoms with van der Waals surface area (Å²) >= 11 is 0. The van der Waals surface area contributed by atoms with Crippen molar-refractivity contribution in [2.75, 3.05) is 32.5 Å². The fourth-order valence-electron chi connectivity index (χ4n) is 3.22. The predicted molar refractivity (Wildman–Crippen MR) is 100 cm³/mol. The molecular formula is C18H26N4O3S. The highest BCUT2D eigenvalue weighted by molar-refractivity contribution is 7.88. The molecule has 0 saturated heterocycles. The highest BCUT2D eigenvalue weighted by atomic mass is 32.2. The number of aromatic nitrogens is 2. The third-order valence-corrected chi connectivity index (χ3v) is 5.19. The van der Waals surface area contributed by atoms with E-state index in [2.05, 4.69) is 26.9 Å². The molecule has 0 fully saturated rings. The van der Waals surface area contributed by atoms with Gasteiger partial charge in [-0.2, -0.15) is 5.10 Å². The van der Waals surface area contributed by atoms with E-state index in [1.165, 1.54) is 11.8 Å². The van der Waals surface area contributed by atoms with Crippen molar-refractivity contribution in [2.24, 2.45) is 0 Å². The Hall–Kier alpha value is -1.74. The van der Waals surface area contributed by atoms with Crippen molar-refractivity contribution >= 4 is 10.0 Å². The molecule has 0 spiro atoms. The first-order valence-electron chi connectivity index (χ1n) is 8.82. The van der Waals surface area contributed by atoms with Gasteiger partial charge in [0.15, 0.2) is 0 Å². The van der Waals surface area contributed by atoms with Crippen LogP contribution in [-0.2, 0) is 27.9 Å². The number of nitrogens with one attached hydrogen (secondary N) is 1. The van der Waals surface area contributed by atoms with Gasteiger partial charge in [0.05, 0.1) is 31.2 Å². The first-order valence-corrected chi connectivity index (χ1v) is 10.7. The molecule has 142 valence electrons. The Kier molecular flexibility index (Phi) is 6.42. The van der Waals surface area contributed by atoms with E-state index in [0.29, 0.717) is 26.2 Å². The Labute approximate surface area is 155 Å². The summed E-state index contributed by atoms with van der Waals surface area (Å²) in [5, 5.41) is 4.41. The minimum atomic E-state index is -3.16. The summed E-state index contributed by atoms with van der Waals surface area (Å²) in [5.74, 6) is 0. The molecule has 0 saturated carbocycles. The van der Waals surface area contributed by atoms with Crippen molar-refractivity contribution in [3.05, 3.63) is 53.9 Å². The average molecular weight is 378 g/mol. The fourth-order valence-corrected chi connectivity index (χ4v) is 3.71. The quantitative estimate of drug-likeness (QED) is 0.668. The lowest BCUT2D eigenvalue weighted by Crippen LogP contribution is -2.40. The normalized spacial score (nSPS) is 18.0. The van der Waals surface area contributed by atoms with Crippen LogP contribution in [0.4, 0.5) is 0 Å². The number of rotatable bonds is 9. The van der Waals surface area contributed by atoms with E-state index in [0.717, 1.165) is 25.3 Å². The first-order chi connectivity index (χ1) is 12.5. The Morgan fingerprint density at radius 1 is 1.27 bits per heavy atom. The maximum atomic E-state index is 11.3. The third-order valence-electron chi connectivity index (χ3n) is 4.46. The average Bonchev–Trinajstić information content (AvgIpc) is 3.07. The van der Waals surface area contributed by atoms with Crippen LogP contribution in [0.15, 0.2) is 42.6 Å². The number of benzene rings is 1. The van der Waals surface area contributed by atoms with Gasteiger partial charge in [0.2, 0.25) is 10.0 Å². The summed E-state index contributed by atoms with van der Waals surface area (Å²) in [5.41, 5.74) is 2.33. The zero-order chi connectivity index (χ0) is 18.4. The second-order valence-electron chi connectivity index (χ2n) is 6.65. The Balaban J connectivity index is 1.48. The summed E-state index contributed by atoms with van der Waals surface area (Å²) in [7, 11) is -3.16. The van der Waals surface area contributed by atoms with Crippen LogP contribution >= 0.6 is 0 Å². The molecule has 7 nitrogen and oxygen atoms in total. The Morgan fingerprint density at radius 3 is 2.85 bits per heavy atom. The summed E-state index contributed by atoms with van der Waals surface area (Å²) < 4.78 is 32.9. The Bertz CT molecular complexity index is 792. The smallest absolute Gasteiger partial charge is 0.208 e. The number of ether oxygens (including phenoxy) is 1. The summed E-state index contributed by atoms with van der Waals surface area (Å²) in [6, 6.07) is 12.3. The summed E-state index contributed by atoms with van der Waals surface area (Å²) in [4.78, 5) is 2.34. The summed E-state index contributed by atoms with van der Waals surface area (Å²) in [6.45, 7) is 4.22. The molecule has 0 bridgehead atoms. The minimum absolute atomic E-state index is 0.164. The predicted octanol–water partition coefficient (Wildman–Crippen LogP) is 1.40. The molecule has 1 aromatic heterocycles. The highest BCUT2D eigenvalue weighted by Gasteiger charge is 2.25. The second-order valence-corrected chi connectivity index (χ2v) is 8.48. The zero-order valence-corrected chi connectivity index (χ0v) is 15.9. The van der Waals surface area contributed by atoms with Crippen LogP contribution in [0, 0.1) is 0 Å². The van der Waals surface area contributed by atoms with Crippen molar-refractivity contribution in [3.63, 3.8) is 0 Å². The number of nitrogens with zero attached hydrogens (tertiary/aromatic N) is 3. The van der Waals surface area contributed by atoms with Crippen molar-refractivity contribution in [2.45, 2.75) is 25.6 Å². The van der Waals surface area contributed by atoms with Gasteiger partial charge in [0.1, 0.15) is 0 Å². The van der Waals surface area contributed by atoms with Gasteiger partial charge in [-0.1, -0.05) is 30.3 Å². The molecule has 0 aliphatic carbocycles. The molecule has 2 heterocycles. The molecule has 1 aromatic carbocycles. The third kappa shape index (κ3) is 5.63. The van der Waals surface area contributed by atoms with E-state index in [1.807, 2.05) is 35.1 Å². The standard InChI is InChI=1S/C18H26N4O3S/c1-26(23,24)20-10-8-18-14-21(13-17-7-9-19-22(17)18)11-12-25-15-16-5-3-2-4-6-16/h2-7,9,18,20H,8,10-15H2,1H3/t18-/m1/s1. The Morgan fingerprint density at radius 2 is 2.08 bits per heavy atom. The fraction of sp³-hybridized carbons (Fsp3) is 0.500. The van der Waals surface area contributed by atoms with Crippen LogP contribution in [-0.4, -0.2) is 55.6 Å². The number of hydrogen-bond donors (Lipinski definition) is 1. The number of sulfonamides is 1. The lowest BCUT2D eigenvalue weighted by atomic mass is 10.1. The lowest BCUT2D eigenvalue weighted by molar-refractivity contribution is 0.0745. The molecule has 2 aromatic rings. The van der Waals surface area contributed by atoms with E-state index in [1.54, 1.807) is 0 Å². The molecule has 0 amide bonds. The molecule has 0 unspecified atom stereocenters. The van der Waals surface area contributed by atoms with Gasteiger partial charge in [-0.15, -0.1) is 0 Å². The van der Waals surface area contributed by atoms with E-state index in [9.17, 15) is 8.42 Å². The van der Waals surface area contributed by atoms with Crippen LogP contribution in [0.5, 0.6) is 0 Å². The molecule has 3 rings (SSSR count). The van der Waals surface area contributed by atoms with E-state index in [4.69, 9.17) is 4.74 Å². The minimum Gasteiger partial charge on any atom is -0.375 e. The van der Waals surface area contributed by atoms with Crippen molar-refractivity contribution in [1.82, 2.24) is 19.4 Å². The molecule has 1 atom stereocenters. The van der Waals surface area contributed by atoms with Crippen molar-refractivity contribution in [1.29, 1.82) is 0 Å². The van der Waals surface area contributed by atoms with Crippen LogP contribution in [0.3, 0.4) is 0 Å². The summed E-state index contributed by atoms with van der Waals surface area (Å²) in [6.07, 6.45) is 3.70. The van der Waals surface area contributed by atoms with Crippen molar-refractivity contribution < 1.29 is 13.2 Å². The molecule has 1 aliphatic rings. The topological polar surface area (TPSA) is 76.5 Å². The van der Waals surface area contributed by atoms with Crippen LogP contribution in [0.25, 0.3) is 0 Å². The van der Waals surface area contributed by atoms with Gasteiger partial charge >= 0.3 is 0 Å². The van der Waals surface area contributed by atoms with Crippen LogP contribution in [0.2, 0.25) is 0 Å². The van der Waals surface area contributed by atoms with Gasteiger partial charge in [-0.25, -0.2) is 13.1 Å². The van der Waals surface area contributed by atoms with E-state index < -0.39 is 10.0 Å². The van der Waals surface area contributed by atoms with Crippen LogP contribution in [0.1, 0.15) is 23.7 Å². The maximum absolute atomic E-state index is 11.3. The molecule has 8 heteroatoms. The molecule has 26 heavy (non-hydrogen) atoms. The van der Waals surface area contributed by atoms with E-state index in [-0.39, 0.29) is 6.04 Å². The number of hydrogen-bond acceptors (Lipinski definition) is 5. The van der Waals surface area contributed by atoms with Gasteiger partial charge in [-0.3, -0.25) is 9.58 Å². The van der Waals surface area contributed by atoms with E-state index >= 15 is 0 Å². The van der Waals surface area contributed by atoms with Crippen LogP contribution < -0.4 is 4.72 Å². The van der Waals surface area contributed by atoms with Gasteiger partial charge < -0.3 is 4.74 Å². The monoisotopic (exact) mass is 378 g/mol. The van der Waals surface area contributed by atoms with Gasteiger partial charge in [0.25, 0.3) is 0 Å². The van der Waals surface area contributed by atoms with Gasteiger partial charge in [-0.05, 0) is 18.1 Å². The number of fused-ring (bicyclic) bond motifs is 1. The highest BCUT2D eigenvalue weighted by Crippen LogP contribution is 2.22. The molecule has 1 N–H and O–H groups in total. The molecule has 1 aliphatic heterocycles. The first kappa shape index (κ1) is 19.0. The lowest BCUT2D eigenvalue weighted by Gasteiger charge is -2.33. The van der Waals surface area contributed by atoms with Gasteiger partial charge in [0, 0.05) is 32.4 Å². The maximum Gasteiger partial charge on any atom is 0.208 e. The van der Waals surface area contributed by atoms with Crippen molar-refractivity contribution in [3.8, 4) is 0 Å². The molecular weight excluding hydrogens is 352 g/mol. The second kappa shape index (κ2) is 8.77. The zero-order valence-electron chi connectivity index (χ0n) is 15.0.